The van der Waals surface area contributed by atoms with Gasteiger partial charge in [0.1, 0.15) is 5.75 Å². The standard InChI is InChI=1S/C12H17N2O/c1-4-13-9-14(5-2)12-8-10(15-3)6-7-11(12)13/h6-9H,4-5H2,1-3H3/q+1. The van der Waals surface area contributed by atoms with Gasteiger partial charge in [-0.05, 0) is 26.0 Å². The first-order chi connectivity index (χ1) is 7.30. The number of aromatic nitrogens is 2. The molecule has 0 atom stereocenters. The van der Waals surface area contributed by atoms with Crippen molar-refractivity contribution >= 4 is 11.0 Å². The molecule has 0 aliphatic carbocycles. The highest BCUT2D eigenvalue weighted by Crippen LogP contribution is 2.18. The Kier molecular flexibility index (Phi) is 2.62. The molecular formula is C12H17N2O+. The number of rotatable bonds is 3. The molecule has 1 heterocycles. The van der Waals surface area contributed by atoms with E-state index in [4.69, 9.17) is 4.74 Å². The third-order valence-electron chi connectivity index (χ3n) is 2.76. The number of benzene rings is 1. The van der Waals surface area contributed by atoms with E-state index in [0.29, 0.717) is 0 Å². The molecule has 3 heteroatoms. The molecule has 80 valence electrons. The Morgan fingerprint density at radius 2 is 2.13 bits per heavy atom. The first-order valence-electron chi connectivity index (χ1n) is 5.36. The first kappa shape index (κ1) is 10.0. The van der Waals surface area contributed by atoms with Gasteiger partial charge in [-0.3, -0.25) is 0 Å². The monoisotopic (exact) mass is 205 g/mol. The number of hydrogen-bond acceptors (Lipinski definition) is 1. The van der Waals surface area contributed by atoms with Gasteiger partial charge in [0, 0.05) is 6.07 Å². The van der Waals surface area contributed by atoms with Crippen LogP contribution >= 0.6 is 0 Å². The van der Waals surface area contributed by atoms with Crippen molar-refractivity contribution in [3.8, 4) is 5.75 Å². The van der Waals surface area contributed by atoms with Crippen molar-refractivity contribution in [2.24, 2.45) is 0 Å². The second kappa shape index (κ2) is 3.93. The Balaban J connectivity index is 2.68. The van der Waals surface area contributed by atoms with Crippen LogP contribution in [-0.2, 0) is 13.1 Å². The van der Waals surface area contributed by atoms with Crippen LogP contribution in [0.3, 0.4) is 0 Å². The number of fused-ring (bicyclic) bond motifs is 1. The molecule has 2 rings (SSSR count). The second-order valence-electron chi connectivity index (χ2n) is 3.54. The van der Waals surface area contributed by atoms with E-state index in [1.807, 2.05) is 6.07 Å². The summed E-state index contributed by atoms with van der Waals surface area (Å²) >= 11 is 0. The molecule has 0 aliphatic rings. The lowest BCUT2D eigenvalue weighted by atomic mass is 10.3. The van der Waals surface area contributed by atoms with E-state index in [1.165, 1.54) is 11.0 Å². The van der Waals surface area contributed by atoms with Crippen LogP contribution in [0.2, 0.25) is 0 Å². The van der Waals surface area contributed by atoms with Gasteiger partial charge >= 0.3 is 0 Å². The van der Waals surface area contributed by atoms with E-state index in [1.54, 1.807) is 7.11 Å². The first-order valence-corrected chi connectivity index (χ1v) is 5.36. The molecular weight excluding hydrogens is 188 g/mol. The van der Waals surface area contributed by atoms with Crippen LogP contribution in [0.5, 0.6) is 5.75 Å². The van der Waals surface area contributed by atoms with Gasteiger partial charge in [-0.15, -0.1) is 0 Å². The van der Waals surface area contributed by atoms with Crippen LogP contribution in [0.4, 0.5) is 0 Å². The van der Waals surface area contributed by atoms with Crippen LogP contribution in [-0.4, -0.2) is 11.7 Å². The predicted octanol–water partition coefficient (Wildman–Crippen LogP) is 1.98. The Morgan fingerprint density at radius 1 is 1.33 bits per heavy atom. The molecule has 0 radical (unpaired) electrons. The van der Waals surface area contributed by atoms with Gasteiger partial charge < -0.3 is 4.74 Å². The number of hydrogen-bond donors (Lipinski definition) is 0. The van der Waals surface area contributed by atoms with Crippen molar-refractivity contribution in [3.05, 3.63) is 24.5 Å². The van der Waals surface area contributed by atoms with Gasteiger partial charge in [0.25, 0.3) is 0 Å². The molecule has 0 spiro atoms. The van der Waals surface area contributed by atoms with Crippen molar-refractivity contribution in [1.29, 1.82) is 0 Å². The average Bonchev–Trinajstić information content (AvgIpc) is 2.65. The zero-order valence-corrected chi connectivity index (χ0v) is 9.53. The number of aryl methyl sites for hydroxylation is 2. The fourth-order valence-electron chi connectivity index (χ4n) is 1.90. The molecule has 1 aromatic carbocycles. The quantitative estimate of drug-likeness (QED) is 0.701. The fraction of sp³-hybridized carbons (Fsp3) is 0.417. The minimum Gasteiger partial charge on any atom is -0.497 e. The smallest absolute Gasteiger partial charge is 0.244 e. The van der Waals surface area contributed by atoms with Crippen molar-refractivity contribution in [2.45, 2.75) is 26.9 Å². The molecule has 0 fully saturated rings. The Labute approximate surface area is 89.9 Å². The van der Waals surface area contributed by atoms with E-state index >= 15 is 0 Å². The maximum Gasteiger partial charge on any atom is 0.244 e. The zero-order valence-electron chi connectivity index (χ0n) is 9.53. The molecule has 0 saturated carbocycles. The van der Waals surface area contributed by atoms with Crippen LogP contribution in [0.25, 0.3) is 11.0 Å². The predicted molar refractivity (Wildman–Crippen MR) is 60.0 cm³/mol. The topological polar surface area (TPSA) is 18.0 Å². The van der Waals surface area contributed by atoms with Crippen LogP contribution in [0, 0.1) is 0 Å². The number of methoxy groups -OCH3 is 1. The van der Waals surface area contributed by atoms with E-state index < -0.39 is 0 Å². The zero-order chi connectivity index (χ0) is 10.8. The minimum absolute atomic E-state index is 0.915. The third kappa shape index (κ3) is 1.58. The maximum absolute atomic E-state index is 5.24. The van der Waals surface area contributed by atoms with Crippen LogP contribution in [0.15, 0.2) is 24.5 Å². The summed E-state index contributed by atoms with van der Waals surface area (Å²) in [6.45, 7) is 6.29. The van der Waals surface area contributed by atoms with Gasteiger partial charge in [-0.2, -0.15) is 0 Å². The van der Waals surface area contributed by atoms with Crippen LogP contribution < -0.4 is 9.30 Å². The summed E-state index contributed by atoms with van der Waals surface area (Å²) in [6, 6.07) is 6.21. The summed E-state index contributed by atoms with van der Waals surface area (Å²) in [5.74, 6) is 0.915. The summed E-state index contributed by atoms with van der Waals surface area (Å²) in [4.78, 5) is 0. The molecule has 0 aliphatic heterocycles. The van der Waals surface area contributed by atoms with Crippen molar-refractivity contribution in [3.63, 3.8) is 0 Å². The normalized spacial score (nSPS) is 10.9. The lowest BCUT2D eigenvalue weighted by Crippen LogP contribution is -2.30. The average molecular weight is 205 g/mol. The number of imidazole rings is 1. The van der Waals surface area contributed by atoms with Gasteiger partial charge in [0.05, 0.1) is 20.2 Å². The Morgan fingerprint density at radius 3 is 2.73 bits per heavy atom. The summed E-state index contributed by atoms with van der Waals surface area (Å²) in [5, 5.41) is 0. The van der Waals surface area contributed by atoms with Gasteiger partial charge in [0.15, 0.2) is 11.0 Å². The highest BCUT2D eigenvalue weighted by molar-refractivity contribution is 5.73. The molecule has 1 aromatic heterocycles. The van der Waals surface area contributed by atoms with E-state index in [2.05, 4.69) is 41.4 Å². The lowest BCUT2D eigenvalue weighted by molar-refractivity contribution is -0.668. The molecule has 0 amide bonds. The number of ether oxygens (including phenoxy) is 1. The maximum atomic E-state index is 5.24. The van der Waals surface area contributed by atoms with Crippen molar-refractivity contribution in [2.75, 3.05) is 7.11 Å². The van der Waals surface area contributed by atoms with E-state index in [-0.39, 0.29) is 0 Å². The van der Waals surface area contributed by atoms with Crippen LogP contribution in [0.1, 0.15) is 13.8 Å². The van der Waals surface area contributed by atoms with Crippen molar-refractivity contribution < 1.29 is 9.30 Å². The molecule has 0 unspecified atom stereocenters. The number of nitrogens with zero attached hydrogens (tertiary/aromatic N) is 2. The fourth-order valence-corrected chi connectivity index (χ4v) is 1.90. The summed E-state index contributed by atoms with van der Waals surface area (Å²) in [5.41, 5.74) is 2.50. The van der Waals surface area contributed by atoms with Gasteiger partial charge in [-0.1, -0.05) is 0 Å². The molecule has 0 bridgehead atoms. The molecule has 0 saturated heterocycles. The SMILES string of the molecule is CCn1c[n+](CC)c2ccc(OC)cc21. The molecule has 15 heavy (non-hydrogen) atoms. The highest BCUT2D eigenvalue weighted by Gasteiger charge is 2.13. The highest BCUT2D eigenvalue weighted by atomic mass is 16.5. The second-order valence-corrected chi connectivity index (χ2v) is 3.54. The summed E-state index contributed by atoms with van der Waals surface area (Å²) in [6.07, 6.45) is 2.16. The molecule has 3 nitrogen and oxygen atoms in total. The summed E-state index contributed by atoms with van der Waals surface area (Å²) in [7, 11) is 1.70. The van der Waals surface area contributed by atoms with E-state index in [9.17, 15) is 0 Å². The lowest BCUT2D eigenvalue weighted by Gasteiger charge is -1.98. The van der Waals surface area contributed by atoms with Crippen molar-refractivity contribution in [1.82, 2.24) is 4.57 Å². The van der Waals surface area contributed by atoms with Gasteiger partial charge in [0.2, 0.25) is 6.33 Å². The Hall–Kier alpha value is -1.51. The Bertz CT molecular complexity index is 474. The summed E-state index contributed by atoms with van der Waals surface area (Å²) < 4.78 is 9.73. The molecule has 0 N–H and O–H groups in total. The third-order valence-corrected chi connectivity index (χ3v) is 2.76. The largest absolute Gasteiger partial charge is 0.497 e. The van der Waals surface area contributed by atoms with E-state index in [0.717, 1.165) is 18.8 Å². The molecule has 2 aromatic rings. The minimum atomic E-state index is 0.915. The van der Waals surface area contributed by atoms with Gasteiger partial charge in [-0.25, -0.2) is 9.13 Å².